The average molecular weight is 305 g/mol. The van der Waals surface area contributed by atoms with Crippen LogP contribution in [-0.2, 0) is 4.79 Å². The largest absolute Gasteiger partial charge is 0.549 e. The van der Waals surface area contributed by atoms with Crippen molar-refractivity contribution in [2.24, 2.45) is 0 Å². The highest BCUT2D eigenvalue weighted by molar-refractivity contribution is 8.00. The fourth-order valence-electron chi connectivity index (χ4n) is 1.52. The number of aliphatic carboxylic acids is 1. The normalized spacial score (nSPS) is 11.9. The monoisotopic (exact) mass is 305 g/mol. The van der Waals surface area contributed by atoms with E-state index < -0.39 is 5.97 Å². The molecule has 20 heavy (non-hydrogen) atoms. The summed E-state index contributed by atoms with van der Waals surface area (Å²) >= 11 is 2.28. The molecule has 0 saturated heterocycles. The Kier molecular flexibility index (Phi) is 4.61. The Bertz CT molecular complexity index is 683. The van der Waals surface area contributed by atoms with Gasteiger partial charge in [0.05, 0.1) is 21.9 Å². The molecule has 0 saturated carbocycles. The molecule has 0 amide bonds. The predicted octanol–water partition coefficient (Wildman–Crippen LogP) is 1.57. The standard InChI is InChI=1S/C13H10N2O3S2/c14-5-8(10(16)6-19-7-12(17)18)13-15-9-3-1-2-4-11(9)20-13/h1-4,16H,6-7H2,(H,17,18)/p-1/b10-8-. The highest BCUT2D eigenvalue weighted by atomic mass is 32.2. The first-order chi connectivity index (χ1) is 9.61. The number of aliphatic hydroxyl groups excluding tert-OH is 1. The van der Waals surface area contributed by atoms with E-state index in [0.717, 1.165) is 22.0 Å². The van der Waals surface area contributed by atoms with Gasteiger partial charge in [-0.05, 0) is 12.1 Å². The molecular weight excluding hydrogens is 296 g/mol. The smallest absolute Gasteiger partial charge is 0.138 e. The first-order valence-electron chi connectivity index (χ1n) is 5.57. The molecule has 0 fully saturated rings. The summed E-state index contributed by atoms with van der Waals surface area (Å²) < 4.78 is 0.922. The number of rotatable bonds is 5. The molecule has 0 unspecified atom stereocenters. The number of carbonyl (C=O) groups excluding carboxylic acids is 1. The van der Waals surface area contributed by atoms with Gasteiger partial charge in [0.2, 0.25) is 0 Å². The molecule has 0 radical (unpaired) electrons. The number of thiazole rings is 1. The van der Waals surface area contributed by atoms with Crippen LogP contribution in [0, 0.1) is 11.3 Å². The molecule has 0 aliphatic carbocycles. The van der Waals surface area contributed by atoms with Gasteiger partial charge >= 0.3 is 0 Å². The van der Waals surface area contributed by atoms with Crippen molar-refractivity contribution in [3.63, 3.8) is 0 Å². The number of thioether (sulfide) groups is 1. The summed E-state index contributed by atoms with van der Waals surface area (Å²) in [6.45, 7) is 0. The van der Waals surface area contributed by atoms with E-state index in [0.29, 0.717) is 5.01 Å². The van der Waals surface area contributed by atoms with Crippen LogP contribution in [0.5, 0.6) is 0 Å². The number of para-hydroxylation sites is 1. The van der Waals surface area contributed by atoms with Crippen molar-refractivity contribution in [3.05, 3.63) is 35.0 Å². The van der Waals surface area contributed by atoms with E-state index in [4.69, 9.17) is 5.26 Å². The fourth-order valence-corrected chi connectivity index (χ4v) is 3.11. The van der Waals surface area contributed by atoms with Gasteiger partial charge in [0, 0.05) is 5.75 Å². The van der Waals surface area contributed by atoms with Crippen molar-refractivity contribution < 1.29 is 15.0 Å². The minimum atomic E-state index is -1.21. The second-order valence-corrected chi connectivity index (χ2v) is 5.80. The summed E-state index contributed by atoms with van der Waals surface area (Å²) in [5, 5.41) is 29.8. The van der Waals surface area contributed by atoms with Crippen LogP contribution in [0.4, 0.5) is 0 Å². The number of nitriles is 1. The SMILES string of the molecule is N#C/C(=C(/O)CSCC(=O)[O-])c1nc2ccccc2s1. The summed E-state index contributed by atoms with van der Waals surface area (Å²) in [7, 11) is 0. The van der Waals surface area contributed by atoms with Gasteiger partial charge in [0.15, 0.2) is 0 Å². The van der Waals surface area contributed by atoms with Gasteiger partial charge in [-0.25, -0.2) is 4.98 Å². The van der Waals surface area contributed by atoms with Crippen LogP contribution in [0.2, 0.25) is 0 Å². The number of hydrogen-bond donors (Lipinski definition) is 1. The van der Waals surface area contributed by atoms with Gasteiger partial charge in [-0.15, -0.1) is 23.1 Å². The van der Waals surface area contributed by atoms with Crippen LogP contribution in [0.25, 0.3) is 15.8 Å². The van der Waals surface area contributed by atoms with Crippen LogP contribution in [0.3, 0.4) is 0 Å². The van der Waals surface area contributed by atoms with Crippen molar-refractivity contribution in [1.29, 1.82) is 5.26 Å². The molecule has 0 atom stereocenters. The van der Waals surface area contributed by atoms with Crippen LogP contribution in [0.15, 0.2) is 30.0 Å². The molecule has 1 N–H and O–H groups in total. The summed E-state index contributed by atoms with van der Waals surface area (Å²) in [6.07, 6.45) is 0. The minimum absolute atomic E-state index is 0.0345. The number of aliphatic hydroxyl groups is 1. The van der Waals surface area contributed by atoms with Crippen LogP contribution >= 0.6 is 23.1 Å². The Balaban J connectivity index is 2.26. The minimum Gasteiger partial charge on any atom is -0.549 e. The number of hydrogen-bond acceptors (Lipinski definition) is 7. The molecule has 0 spiro atoms. The summed E-state index contributed by atoms with van der Waals surface area (Å²) in [4.78, 5) is 14.6. The van der Waals surface area contributed by atoms with Crippen molar-refractivity contribution in [1.82, 2.24) is 4.98 Å². The first-order valence-corrected chi connectivity index (χ1v) is 7.54. The summed E-state index contributed by atoms with van der Waals surface area (Å²) in [5.41, 5.74) is 0.840. The van der Waals surface area contributed by atoms with Crippen molar-refractivity contribution in [2.75, 3.05) is 11.5 Å². The van der Waals surface area contributed by atoms with E-state index >= 15 is 0 Å². The second-order valence-electron chi connectivity index (χ2n) is 3.79. The first kappa shape index (κ1) is 14.4. The maximum Gasteiger partial charge on any atom is 0.138 e. The molecule has 0 aliphatic rings. The maximum atomic E-state index is 10.3. The number of allylic oxidation sites excluding steroid dienone is 1. The third-order valence-corrected chi connectivity index (χ3v) is 4.34. The van der Waals surface area contributed by atoms with Gasteiger partial charge < -0.3 is 15.0 Å². The van der Waals surface area contributed by atoms with E-state index in [1.54, 1.807) is 0 Å². The zero-order valence-corrected chi connectivity index (χ0v) is 11.8. The zero-order valence-electron chi connectivity index (χ0n) is 10.2. The summed E-state index contributed by atoms with van der Waals surface area (Å²) in [6, 6.07) is 9.34. The van der Waals surface area contributed by atoms with Crippen molar-refractivity contribution in [3.8, 4) is 6.07 Å². The highest BCUT2D eigenvalue weighted by Crippen LogP contribution is 2.28. The van der Waals surface area contributed by atoms with Crippen molar-refractivity contribution in [2.45, 2.75) is 0 Å². The Morgan fingerprint density at radius 2 is 2.20 bits per heavy atom. The molecule has 2 aromatic rings. The zero-order chi connectivity index (χ0) is 14.5. The number of carbonyl (C=O) groups is 1. The molecule has 0 aliphatic heterocycles. The molecule has 102 valence electrons. The third-order valence-electron chi connectivity index (χ3n) is 2.37. The molecule has 1 aromatic heterocycles. The molecule has 0 bridgehead atoms. The Hall–Kier alpha value is -2.04. The lowest BCUT2D eigenvalue weighted by Crippen LogP contribution is -2.24. The molecule has 1 aromatic carbocycles. The van der Waals surface area contributed by atoms with E-state index in [-0.39, 0.29) is 22.8 Å². The molecule has 2 rings (SSSR count). The number of benzene rings is 1. The molecule has 1 heterocycles. The second kappa shape index (κ2) is 6.41. The molecule has 7 heteroatoms. The van der Waals surface area contributed by atoms with E-state index in [2.05, 4.69) is 4.98 Å². The number of carboxylic acids is 1. The Morgan fingerprint density at radius 3 is 2.85 bits per heavy atom. The van der Waals surface area contributed by atoms with Crippen LogP contribution in [0.1, 0.15) is 5.01 Å². The average Bonchev–Trinajstić information content (AvgIpc) is 2.82. The van der Waals surface area contributed by atoms with Crippen molar-refractivity contribution >= 4 is 44.9 Å². The quantitative estimate of drug-likeness (QED) is 0.665. The molecule has 5 nitrogen and oxygen atoms in total. The van der Waals surface area contributed by atoms with E-state index in [1.807, 2.05) is 30.3 Å². The third kappa shape index (κ3) is 3.29. The molecular formula is C13H9N2O3S2-. The van der Waals surface area contributed by atoms with Gasteiger partial charge in [-0.2, -0.15) is 5.26 Å². The van der Waals surface area contributed by atoms with Gasteiger partial charge in [-0.1, -0.05) is 12.1 Å². The van der Waals surface area contributed by atoms with Crippen LogP contribution < -0.4 is 5.11 Å². The van der Waals surface area contributed by atoms with Gasteiger partial charge in [0.25, 0.3) is 0 Å². The van der Waals surface area contributed by atoms with Gasteiger partial charge in [0.1, 0.15) is 22.4 Å². The Morgan fingerprint density at radius 1 is 1.45 bits per heavy atom. The number of nitrogens with zero attached hydrogens (tertiary/aromatic N) is 2. The van der Waals surface area contributed by atoms with Gasteiger partial charge in [-0.3, -0.25) is 0 Å². The van der Waals surface area contributed by atoms with E-state index in [1.165, 1.54) is 11.3 Å². The fraction of sp³-hybridized carbons (Fsp3) is 0.154. The number of aromatic nitrogens is 1. The van der Waals surface area contributed by atoms with E-state index in [9.17, 15) is 15.0 Å². The summed E-state index contributed by atoms with van der Waals surface area (Å²) in [5.74, 6) is -1.57. The maximum absolute atomic E-state index is 10.3. The lowest BCUT2D eigenvalue weighted by atomic mass is 10.2. The highest BCUT2D eigenvalue weighted by Gasteiger charge is 2.13. The number of fused-ring (bicyclic) bond motifs is 1. The van der Waals surface area contributed by atoms with Crippen LogP contribution in [-0.4, -0.2) is 27.6 Å². The lowest BCUT2D eigenvalue weighted by Gasteiger charge is -2.03. The topological polar surface area (TPSA) is 97.0 Å². The lowest BCUT2D eigenvalue weighted by molar-refractivity contribution is -0.301. The Labute approximate surface area is 123 Å². The predicted molar refractivity (Wildman–Crippen MR) is 77.1 cm³/mol. The number of carboxylic acid groups (broad SMARTS) is 1.